The Morgan fingerprint density at radius 1 is 1.26 bits per heavy atom. The first kappa shape index (κ1) is 23.3. The second kappa shape index (κ2) is 10.0. The second-order valence-electron chi connectivity index (χ2n) is 8.53. The lowest BCUT2D eigenvalue weighted by molar-refractivity contribution is 0.0668. The van der Waals surface area contributed by atoms with Gasteiger partial charge in [0.15, 0.2) is 0 Å². The Kier molecular flexibility index (Phi) is 6.65. The van der Waals surface area contributed by atoms with Crippen molar-refractivity contribution < 1.29 is 23.4 Å². The van der Waals surface area contributed by atoms with E-state index in [-0.39, 0.29) is 24.7 Å². The number of aliphatic hydroxyl groups excluding tert-OH is 1. The van der Waals surface area contributed by atoms with Gasteiger partial charge in [0.05, 0.1) is 41.0 Å². The fourth-order valence-corrected chi connectivity index (χ4v) is 5.28. The molecule has 1 saturated carbocycles. The summed E-state index contributed by atoms with van der Waals surface area (Å²) in [6, 6.07) is 7.87. The smallest absolute Gasteiger partial charge is 0.262 e. The van der Waals surface area contributed by atoms with Gasteiger partial charge in [0.25, 0.3) is 5.91 Å². The second-order valence-corrected chi connectivity index (χ2v) is 9.53. The van der Waals surface area contributed by atoms with Crippen molar-refractivity contribution in [3.63, 3.8) is 0 Å². The minimum absolute atomic E-state index is 0.0986. The third-order valence-corrected chi connectivity index (χ3v) is 7.27. The number of aliphatic hydroxyl groups is 1. The number of halogens is 1. The van der Waals surface area contributed by atoms with Crippen molar-refractivity contribution in [2.24, 2.45) is 0 Å². The number of anilines is 2. The van der Waals surface area contributed by atoms with Crippen molar-refractivity contribution in [2.75, 3.05) is 5.32 Å². The van der Waals surface area contributed by atoms with Crippen LogP contribution in [-0.4, -0.2) is 33.2 Å². The van der Waals surface area contributed by atoms with Crippen molar-refractivity contribution in [3.8, 4) is 5.75 Å². The minimum Gasteiger partial charge on any atom is -0.488 e. The molecule has 35 heavy (non-hydrogen) atoms. The summed E-state index contributed by atoms with van der Waals surface area (Å²) in [6.07, 6.45) is 5.31. The number of aromatic nitrogens is 2. The molecule has 0 radical (unpaired) electrons. The number of ether oxygens (including phenoxy) is 1. The standard InChI is InChI=1S/C25H25FN4O4S/c1-14-21-23(28-13-29-25(21)35-22(14)24(32)27-12-18-3-2-10-33-18)30-19-9-4-15(26)11-20(19)34-17-7-5-16(31)6-8-17/h2-4,9-11,13,16-17,31H,5-8,12H2,1H3,(H,27,32)(H,28,29,30)/t16-,17-. The lowest BCUT2D eigenvalue weighted by Gasteiger charge is -2.27. The maximum absolute atomic E-state index is 14.1. The van der Waals surface area contributed by atoms with E-state index in [1.165, 1.54) is 29.8 Å². The molecule has 1 fully saturated rings. The van der Waals surface area contributed by atoms with E-state index in [2.05, 4.69) is 20.6 Å². The van der Waals surface area contributed by atoms with Crippen LogP contribution in [0.15, 0.2) is 47.3 Å². The number of carbonyl (C=O) groups is 1. The number of hydrogen-bond acceptors (Lipinski definition) is 8. The largest absolute Gasteiger partial charge is 0.488 e. The zero-order valence-corrected chi connectivity index (χ0v) is 19.9. The maximum Gasteiger partial charge on any atom is 0.262 e. The number of thiophene rings is 1. The molecule has 3 heterocycles. The van der Waals surface area contributed by atoms with Crippen LogP contribution in [0, 0.1) is 12.7 Å². The number of amides is 1. The predicted molar refractivity (Wildman–Crippen MR) is 131 cm³/mol. The minimum atomic E-state index is -0.406. The van der Waals surface area contributed by atoms with E-state index in [4.69, 9.17) is 9.15 Å². The lowest BCUT2D eigenvalue weighted by atomic mass is 9.95. The van der Waals surface area contributed by atoms with Gasteiger partial charge in [-0.25, -0.2) is 14.4 Å². The summed E-state index contributed by atoms with van der Waals surface area (Å²) in [5.74, 6) is 0.914. The highest BCUT2D eigenvalue weighted by atomic mass is 32.1. The molecule has 1 aliphatic rings. The van der Waals surface area contributed by atoms with E-state index < -0.39 is 5.82 Å². The summed E-state index contributed by atoms with van der Waals surface area (Å²) in [5.41, 5.74) is 1.31. The third-order valence-electron chi connectivity index (χ3n) is 6.07. The highest BCUT2D eigenvalue weighted by Crippen LogP contribution is 2.37. The Bertz CT molecular complexity index is 1330. The van der Waals surface area contributed by atoms with Crippen molar-refractivity contribution in [1.82, 2.24) is 15.3 Å². The third kappa shape index (κ3) is 5.13. The molecule has 8 nitrogen and oxygen atoms in total. The van der Waals surface area contributed by atoms with Gasteiger partial charge in [-0.3, -0.25) is 4.79 Å². The first-order valence-electron chi connectivity index (χ1n) is 11.4. The number of furan rings is 1. The van der Waals surface area contributed by atoms with Crippen LogP contribution in [0.25, 0.3) is 10.2 Å². The lowest BCUT2D eigenvalue weighted by Crippen LogP contribution is -2.26. The molecule has 5 rings (SSSR count). The average molecular weight is 497 g/mol. The van der Waals surface area contributed by atoms with Crippen LogP contribution in [-0.2, 0) is 6.54 Å². The molecule has 0 bridgehead atoms. The molecule has 1 aliphatic carbocycles. The van der Waals surface area contributed by atoms with Gasteiger partial charge >= 0.3 is 0 Å². The van der Waals surface area contributed by atoms with E-state index in [9.17, 15) is 14.3 Å². The summed E-state index contributed by atoms with van der Waals surface area (Å²) in [5, 5.41) is 16.6. The summed E-state index contributed by atoms with van der Waals surface area (Å²) in [6.45, 7) is 2.13. The predicted octanol–water partition coefficient (Wildman–Crippen LogP) is 5.09. The van der Waals surface area contributed by atoms with Gasteiger partial charge in [-0.2, -0.15) is 0 Å². The van der Waals surface area contributed by atoms with E-state index in [0.717, 1.165) is 10.9 Å². The number of benzene rings is 1. The van der Waals surface area contributed by atoms with Gasteiger partial charge in [0.2, 0.25) is 0 Å². The van der Waals surface area contributed by atoms with Gasteiger partial charge in [-0.15, -0.1) is 11.3 Å². The summed E-state index contributed by atoms with van der Waals surface area (Å²) in [7, 11) is 0. The number of nitrogens with one attached hydrogen (secondary N) is 2. The van der Waals surface area contributed by atoms with Crippen molar-refractivity contribution >= 4 is 39.0 Å². The Labute approximate surface area is 205 Å². The summed E-state index contributed by atoms with van der Waals surface area (Å²) < 4.78 is 25.5. The van der Waals surface area contributed by atoms with E-state index in [1.807, 2.05) is 6.92 Å². The molecule has 1 amide bonds. The Hall–Kier alpha value is -3.50. The number of fused-ring (bicyclic) bond motifs is 1. The molecule has 4 aromatic rings. The first-order chi connectivity index (χ1) is 17.0. The number of hydrogen-bond donors (Lipinski definition) is 3. The van der Waals surface area contributed by atoms with Crippen LogP contribution < -0.4 is 15.4 Å². The highest BCUT2D eigenvalue weighted by molar-refractivity contribution is 7.20. The number of carbonyl (C=O) groups excluding carboxylic acids is 1. The van der Waals surface area contributed by atoms with Crippen LogP contribution in [0.2, 0.25) is 0 Å². The molecule has 0 aliphatic heterocycles. The van der Waals surface area contributed by atoms with E-state index >= 15 is 0 Å². The van der Waals surface area contributed by atoms with Crippen LogP contribution in [0.4, 0.5) is 15.9 Å². The van der Waals surface area contributed by atoms with Crippen molar-refractivity contribution in [2.45, 2.75) is 51.4 Å². The zero-order chi connectivity index (χ0) is 24.4. The Morgan fingerprint density at radius 3 is 2.86 bits per heavy atom. The van der Waals surface area contributed by atoms with Crippen molar-refractivity contribution in [3.05, 3.63) is 64.9 Å². The Balaban J connectivity index is 1.40. The molecule has 3 N–H and O–H groups in total. The molecule has 0 saturated heterocycles. The highest BCUT2D eigenvalue weighted by Gasteiger charge is 2.23. The fourth-order valence-electron chi connectivity index (χ4n) is 4.21. The molecule has 0 unspecified atom stereocenters. The normalized spacial score (nSPS) is 17.9. The molecular formula is C25H25FN4O4S. The SMILES string of the molecule is Cc1c(C(=O)NCc2ccco2)sc2ncnc(Nc3ccc(F)cc3O[C@H]3CC[C@H](O)CC3)c12. The average Bonchev–Trinajstić information content (AvgIpc) is 3.49. The van der Waals surface area contributed by atoms with Gasteiger partial charge in [0, 0.05) is 6.07 Å². The molecule has 0 atom stereocenters. The quantitative estimate of drug-likeness (QED) is 0.327. The van der Waals surface area contributed by atoms with E-state index in [1.54, 1.807) is 24.5 Å². The zero-order valence-electron chi connectivity index (χ0n) is 19.1. The van der Waals surface area contributed by atoms with Crippen LogP contribution in [0.3, 0.4) is 0 Å². The van der Waals surface area contributed by atoms with Gasteiger partial charge in [-0.05, 0) is 62.4 Å². The Morgan fingerprint density at radius 2 is 2.09 bits per heavy atom. The van der Waals surface area contributed by atoms with E-state index in [0.29, 0.717) is 58.4 Å². The van der Waals surface area contributed by atoms with Crippen LogP contribution >= 0.6 is 11.3 Å². The fraction of sp³-hybridized carbons (Fsp3) is 0.320. The van der Waals surface area contributed by atoms with Gasteiger partial charge in [-0.1, -0.05) is 0 Å². The maximum atomic E-state index is 14.1. The topological polar surface area (TPSA) is 110 Å². The van der Waals surface area contributed by atoms with Gasteiger partial charge < -0.3 is 24.9 Å². The molecular weight excluding hydrogens is 471 g/mol. The summed E-state index contributed by atoms with van der Waals surface area (Å²) in [4.78, 5) is 22.8. The van der Waals surface area contributed by atoms with Gasteiger partial charge in [0.1, 0.15) is 34.3 Å². The first-order valence-corrected chi connectivity index (χ1v) is 12.3. The van der Waals surface area contributed by atoms with Crippen LogP contribution in [0.1, 0.15) is 46.7 Å². The molecule has 0 spiro atoms. The molecule has 3 aromatic heterocycles. The summed E-state index contributed by atoms with van der Waals surface area (Å²) >= 11 is 1.28. The molecule has 182 valence electrons. The monoisotopic (exact) mass is 496 g/mol. The van der Waals surface area contributed by atoms with Crippen LogP contribution in [0.5, 0.6) is 5.75 Å². The number of rotatable bonds is 7. The number of aryl methyl sites for hydroxylation is 1. The van der Waals surface area contributed by atoms with Crippen molar-refractivity contribution in [1.29, 1.82) is 0 Å². The molecule has 1 aromatic carbocycles. The number of nitrogens with zero attached hydrogens (tertiary/aromatic N) is 2. The molecule has 10 heteroatoms.